The normalized spacial score (nSPS) is 20.9. The van der Waals surface area contributed by atoms with E-state index < -0.39 is 16.0 Å². The number of hydrogen-bond acceptors (Lipinski definition) is 5. The number of nitrogens with zero attached hydrogens (tertiary/aromatic N) is 1. The van der Waals surface area contributed by atoms with Crippen LogP contribution in [-0.2, 0) is 14.8 Å². The number of carbonyl (C=O) groups excluding carboxylic acids is 1. The molecule has 0 radical (unpaired) electrons. The third-order valence-electron chi connectivity index (χ3n) is 3.37. The molecule has 1 unspecified atom stereocenters. The van der Waals surface area contributed by atoms with Gasteiger partial charge in [-0.3, -0.25) is 0 Å². The summed E-state index contributed by atoms with van der Waals surface area (Å²) in [4.78, 5) is 11.9. The van der Waals surface area contributed by atoms with Gasteiger partial charge >= 0.3 is 5.97 Å². The first-order valence-corrected chi connectivity index (χ1v) is 9.32. The number of halogens is 1. The molecule has 2 rings (SSSR count). The summed E-state index contributed by atoms with van der Waals surface area (Å²) in [5, 5.41) is 0. The summed E-state index contributed by atoms with van der Waals surface area (Å²) < 4.78 is 32.0. The number of rotatable bonds is 3. The van der Waals surface area contributed by atoms with Gasteiger partial charge in [-0.15, -0.1) is 11.3 Å². The molecule has 20 heavy (non-hydrogen) atoms. The fourth-order valence-electron chi connectivity index (χ4n) is 2.28. The van der Waals surface area contributed by atoms with E-state index in [-0.39, 0.29) is 15.8 Å². The zero-order valence-corrected chi connectivity index (χ0v) is 14.5. The summed E-state index contributed by atoms with van der Waals surface area (Å²) in [6, 6.07) is 1.37. The van der Waals surface area contributed by atoms with Crippen LogP contribution in [0.1, 0.15) is 35.9 Å². The van der Waals surface area contributed by atoms with Crippen molar-refractivity contribution in [1.82, 2.24) is 4.31 Å². The summed E-state index contributed by atoms with van der Waals surface area (Å²) in [6.07, 6.45) is 2.78. The molecule has 112 valence electrons. The largest absolute Gasteiger partial charge is 0.465 e. The van der Waals surface area contributed by atoms with Crippen LogP contribution in [0.2, 0.25) is 0 Å². The first-order valence-electron chi connectivity index (χ1n) is 6.27. The molecule has 1 aliphatic rings. The minimum absolute atomic E-state index is 0.0119. The Morgan fingerprint density at radius 2 is 2.20 bits per heavy atom. The van der Waals surface area contributed by atoms with Gasteiger partial charge in [-0.2, -0.15) is 4.31 Å². The molecule has 1 fully saturated rings. The smallest absolute Gasteiger partial charge is 0.348 e. The van der Waals surface area contributed by atoms with Crippen molar-refractivity contribution < 1.29 is 17.9 Å². The van der Waals surface area contributed by atoms with Gasteiger partial charge in [0.2, 0.25) is 10.0 Å². The number of ether oxygens (including phenoxy) is 1. The van der Waals surface area contributed by atoms with E-state index in [1.807, 2.05) is 6.92 Å². The highest BCUT2D eigenvalue weighted by molar-refractivity contribution is 9.11. The van der Waals surface area contributed by atoms with Crippen LogP contribution < -0.4 is 0 Å². The van der Waals surface area contributed by atoms with Crippen molar-refractivity contribution in [1.29, 1.82) is 0 Å². The molecule has 2 heterocycles. The van der Waals surface area contributed by atoms with Gasteiger partial charge < -0.3 is 4.74 Å². The Morgan fingerprint density at radius 3 is 2.80 bits per heavy atom. The molecule has 0 bridgehead atoms. The highest BCUT2D eigenvalue weighted by Crippen LogP contribution is 2.35. The maximum atomic E-state index is 12.7. The summed E-state index contributed by atoms with van der Waals surface area (Å²) >= 11 is 4.32. The van der Waals surface area contributed by atoms with Gasteiger partial charge in [-0.1, -0.05) is 6.42 Å². The first kappa shape index (κ1) is 15.9. The van der Waals surface area contributed by atoms with Crippen molar-refractivity contribution in [2.75, 3.05) is 13.7 Å². The number of piperidine rings is 1. The van der Waals surface area contributed by atoms with E-state index in [0.29, 0.717) is 10.3 Å². The minimum atomic E-state index is -3.57. The van der Waals surface area contributed by atoms with E-state index in [1.54, 1.807) is 0 Å². The van der Waals surface area contributed by atoms with Crippen LogP contribution in [-0.4, -0.2) is 38.4 Å². The zero-order valence-electron chi connectivity index (χ0n) is 11.3. The van der Waals surface area contributed by atoms with Crippen molar-refractivity contribution in [3.63, 3.8) is 0 Å². The Bertz CT molecular complexity index is 611. The van der Waals surface area contributed by atoms with Crippen LogP contribution in [0.3, 0.4) is 0 Å². The summed E-state index contributed by atoms with van der Waals surface area (Å²) in [7, 11) is -2.30. The number of hydrogen-bond donors (Lipinski definition) is 0. The van der Waals surface area contributed by atoms with Crippen molar-refractivity contribution in [2.24, 2.45) is 0 Å². The van der Waals surface area contributed by atoms with E-state index in [4.69, 9.17) is 0 Å². The molecule has 1 saturated heterocycles. The predicted molar refractivity (Wildman–Crippen MR) is 80.6 cm³/mol. The number of carbonyl (C=O) groups is 1. The molecular formula is C12H16BrNO4S2. The molecule has 0 N–H and O–H groups in total. The molecule has 8 heteroatoms. The van der Waals surface area contributed by atoms with Crippen molar-refractivity contribution in [3.8, 4) is 0 Å². The SMILES string of the molecule is COC(=O)c1cc(S(=O)(=O)N2CCCCC2C)c(Br)s1. The Hall–Kier alpha value is -0.440. The van der Waals surface area contributed by atoms with E-state index in [0.717, 1.165) is 30.6 Å². The molecule has 0 aromatic carbocycles. The number of thiophene rings is 1. The second-order valence-electron chi connectivity index (χ2n) is 4.70. The highest BCUT2D eigenvalue weighted by atomic mass is 79.9. The fraction of sp³-hybridized carbons (Fsp3) is 0.583. The minimum Gasteiger partial charge on any atom is -0.465 e. The van der Waals surface area contributed by atoms with Crippen molar-refractivity contribution >= 4 is 43.3 Å². The molecule has 1 aromatic rings. The highest BCUT2D eigenvalue weighted by Gasteiger charge is 2.34. The molecule has 0 saturated carbocycles. The Kier molecular flexibility index (Phi) is 4.88. The third kappa shape index (κ3) is 2.93. The molecule has 1 aliphatic heterocycles. The topological polar surface area (TPSA) is 63.7 Å². The number of esters is 1. The van der Waals surface area contributed by atoms with Crippen molar-refractivity contribution in [2.45, 2.75) is 37.1 Å². The van der Waals surface area contributed by atoms with Crippen molar-refractivity contribution in [3.05, 3.63) is 14.7 Å². The Morgan fingerprint density at radius 1 is 1.50 bits per heavy atom. The molecular weight excluding hydrogens is 366 g/mol. The summed E-state index contributed by atoms with van der Waals surface area (Å²) in [5.74, 6) is -0.524. The van der Waals surface area contributed by atoms with Gasteiger partial charge in [0, 0.05) is 12.6 Å². The van der Waals surface area contributed by atoms with Crippen LogP contribution >= 0.6 is 27.3 Å². The average Bonchev–Trinajstić information content (AvgIpc) is 2.81. The van der Waals surface area contributed by atoms with Crippen LogP contribution in [0, 0.1) is 0 Å². The lowest BCUT2D eigenvalue weighted by molar-refractivity contribution is 0.0606. The quantitative estimate of drug-likeness (QED) is 0.755. The molecule has 1 aromatic heterocycles. The van der Waals surface area contributed by atoms with Gasteiger partial charge in [-0.25, -0.2) is 13.2 Å². The van der Waals surface area contributed by atoms with Gasteiger partial charge in [0.15, 0.2) is 0 Å². The molecule has 0 aliphatic carbocycles. The maximum absolute atomic E-state index is 12.7. The third-order valence-corrected chi connectivity index (χ3v) is 7.62. The standard InChI is InChI=1S/C12H16BrNO4S2/c1-8-5-3-4-6-14(8)20(16,17)10-7-9(12(15)18-2)19-11(10)13/h7-8H,3-6H2,1-2H3. The Labute approximate surface area is 131 Å². The van der Waals surface area contributed by atoms with Crippen LogP contribution in [0.15, 0.2) is 14.7 Å². The zero-order chi connectivity index (χ0) is 14.9. The van der Waals surface area contributed by atoms with E-state index in [9.17, 15) is 13.2 Å². The van der Waals surface area contributed by atoms with Crippen LogP contribution in [0.25, 0.3) is 0 Å². The monoisotopic (exact) mass is 381 g/mol. The second kappa shape index (κ2) is 6.13. The maximum Gasteiger partial charge on any atom is 0.348 e. The van der Waals surface area contributed by atoms with E-state index >= 15 is 0 Å². The summed E-state index contributed by atoms with van der Waals surface area (Å²) in [6.45, 7) is 2.44. The van der Waals surface area contributed by atoms with E-state index in [1.165, 1.54) is 17.5 Å². The van der Waals surface area contributed by atoms with Crippen LogP contribution in [0.4, 0.5) is 0 Å². The van der Waals surface area contributed by atoms with E-state index in [2.05, 4.69) is 20.7 Å². The lowest BCUT2D eigenvalue weighted by atomic mass is 10.1. The lowest BCUT2D eigenvalue weighted by Crippen LogP contribution is -2.41. The van der Waals surface area contributed by atoms with Crippen LogP contribution in [0.5, 0.6) is 0 Å². The van der Waals surface area contributed by atoms with Gasteiger partial charge in [-0.05, 0) is 41.8 Å². The number of sulfonamides is 1. The Balaban J connectivity index is 2.39. The molecule has 5 nitrogen and oxygen atoms in total. The molecule has 0 amide bonds. The number of methoxy groups -OCH3 is 1. The second-order valence-corrected chi connectivity index (χ2v) is 8.93. The molecule has 0 spiro atoms. The lowest BCUT2D eigenvalue weighted by Gasteiger charge is -2.32. The average molecular weight is 382 g/mol. The van der Waals surface area contributed by atoms with Gasteiger partial charge in [0.25, 0.3) is 0 Å². The first-order chi connectivity index (χ1) is 9.37. The van der Waals surface area contributed by atoms with Gasteiger partial charge in [0.1, 0.15) is 9.77 Å². The van der Waals surface area contributed by atoms with Gasteiger partial charge in [0.05, 0.1) is 10.9 Å². The predicted octanol–water partition coefficient (Wildman–Crippen LogP) is 2.86. The fourth-order valence-corrected chi connectivity index (χ4v) is 6.42. The molecule has 1 atom stereocenters. The summed E-state index contributed by atoms with van der Waals surface area (Å²) in [5.41, 5.74) is 0.